The van der Waals surface area contributed by atoms with Crippen molar-refractivity contribution in [3.8, 4) is 0 Å². The summed E-state index contributed by atoms with van der Waals surface area (Å²) in [4.78, 5) is 10.3. The quantitative estimate of drug-likeness (QED) is 0.624. The summed E-state index contributed by atoms with van der Waals surface area (Å²) in [6.45, 7) is 1.53. The van der Waals surface area contributed by atoms with Gasteiger partial charge in [0, 0.05) is 6.54 Å². The second-order valence-electron chi connectivity index (χ2n) is 2.75. The lowest BCUT2D eigenvalue weighted by Gasteiger charge is -2.14. The van der Waals surface area contributed by atoms with Crippen molar-refractivity contribution in [2.75, 3.05) is 13.1 Å². The summed E-state index contributed by atoms with van der Waals surface area (Å²) in [6, 6.07) is 0. The molecule has 1 atom stereocenters. The van der Waals surface area contributed by atoms with E-state index in [1.165, 1.54) is 0 Å². The summed E-state index contributed by atoms with van der Waals surface area (Å²) in [7, 11) is 0. The van der Waals surface area contributed by atoms with Crippen molar-refractivity contribution in [1.82, 2.24) is 5.01 Å². The molecule has 0 radical (unpaired) electrons. The summed E-state index contributed by atoms with van der Waals surface area (Å²) >= 11 is 0. The monoisotopic (exact) mass is 194 g/mol. The maximum atomic E-state index is 13.4. The van der Waals surface area contributed by atoms with Crippen molar-refractivity contribution >= 4 is 12.0 Å². The predicted molar refractivity (Wildman–Crippen MR) is 40.6 cm³/mol. The molecule has 0 aromatic rings. The van der Waals surface area contributed by atoms with Crippen molar-refractivity contribution < 1.29 is 18.0 Å². The fourth-order valence-corrected chi connectivity index (χ4v) is 1.12. The zero-order valence-electron chi connectivity index (χ0n) is 7.01. The first kappa shape index (κ1) is 10.0. The Labute approximate surface area is 73.2 Å². The number of halogens is 3. The Balaban J connectivity index is 2.91. The van der Waals surface area contributed by atoms with E-state index in [2.05, 4.69) is 5.10 Å². The summed E-state index contributed by atoms with van der Waals surface area (Å²) in [5.74, 6) is 0. The smallest absolute Gasteiger partial charge is 0.282 e. The molecule has 0 saturated heterocycles. The molecule has 0 amide bonds. The molecule has 13 heavy (non-hydrogen) atoms. The molecule has 1 aliphatic heterocycles. The van der Waals surface area contributed by atoms with Crippen molar-refractivity contribution in [1.29, 1.82) is 0 Å². The van der Waals surface area contributed by atoms with E-state index in [-0.39, 0.29) is 6.29 Å². The molecule has 3 nitrogen and oxygen atoms in total. The molecule has 0 aliphatic carbocycles. The lowest BCUT2D eigenvalue weighted by molar-refractivity contribution is -0.114. The number of carbonyl (C=O) groups is 1. The third-order valence-electron chi connectivity index (χ3n) is 1.85. The van der Waals surface area contributed by atoms with Crippen molar-refractivity contribution in [3.63, 3.8) is 0 Å². The Morgan fingerprint density at radius 3 is 2.69 bits per heavy atom. The number of alkyl halides is 3. The highest BCUT2D eigenvalue weighted by Gasteiger charge is 2.47. The minimum atomic E-state index is -3.02. The van der Waals surface area contributed by atoms with Gasteiger partial charge in [0.2, 0.25) is 5.67 Å². The first-order valence-electron chi connectivity index (χ1n) is 3.81. The van der Waals surface area contributed by atoms with Gasteiger partial charge in [-0.05, 0) is 6.92 Å². The predicted octanol–water partition coefficient (Wildman–Crippen LogP) is 0.850. The Morgan fingerprint density at radius 1 is 1.77 bits per heavy atom. The molecule has 1 unspecified atom stereocenters. The van der Waals surface area contributed by atoms with Gasteiger partial charge in [-0.15, -0.1) is 0 Å². The van der Waals surface area contributed by atoms with Gasteiger partial charge in [0.1, 0.15) is 0 Å². The van der Waals surface area contributed by atoms with Gasteiger partial charge in [-0.2, -0.15) is 5.10 Å². The molecule has 0 fully saturated rings. The van der Waals surface area contributed by atoms with Crippen LogP contribution in [-0.4, -0.2) is 42.2 Å². The van der Waals surface area contributed by atoms with Gasteiger partial charge in [0.05, 0.1) is 6.54 Å². The second kappa shape index (κ2) is 3.35. The van der Waals surface area contributed by atoms with E-state index >= 15 is 0 Å². The maximum Gasteiger partial charge on any atom is 0.282 e. The number of rotatable bonds is 3. The van der Waals surface area contributed by atoms with Crippen LogP contribution in [0, 0.1) is 0 Å². The first-order chi connectivity index (χ1) is 6.03. The highest BCUT2D eigenvalue weighted by Crippen LogP contribution is 2.24. The van der Waals surface area contributed by atoms with Crippen LogP contribution in [0.3, 0.4) is 0 Å². The SMILES string of the molecule is CCN1CC(F)(C=O)C(C(F)F)=N1. The minimum absolute atomic E-state index is 0.117. The standard InChI is InChI=1S/C7H9F3N2O/c1-2-12-3-7(10,4-13)5(11-12)6(8)9/h4,6H,2-3H2,1H3. The number of aldehydes is 1. The molecule has 6 heteroatoms. The van der Waals surface area contributed by atoms with Gasteiger partial charge in [-0.25, -0.2) is 13.2 Å². The topological polar surface area (TPSA) is 32.7 Å². The highest BCUT2D eigenvalue weighted by molar-refractivity contribution is 6.08. The van der Waals surface area contributed by atoms with Crippen LogP contribution in [0.25, 0.3) is 0 Å². The van der Waals surface area contributed by atoms with Crippen LogP contribution in [0.15, 0.2) is 5.10 Å². The summed E-state index contributed by atoms with van der Waals surface area (Å²) in [5, 5.41) is 4.43. The molecule has 0 aromatic carbocycles. The van der Waals surface area contributed by atoms with E-state index in [9.17, 15) is 18.0 Å². The Bertz CT molecular complexity index is 244. The Hall–Kier alpha value is -1.07. The van der Waals surface area contributed by atoms with E-state index in [1.807, 2.05) is 0 Å². The molecular weight excluding hydrogens is 185 g/mol. The molecule has 0 spiro atoms. The third kappa shape index (κ3) is 1.66. The Morgan fingerprint density at radius 2 is 2.38 bits per heavy atom. The maximum absolute atomic E-state index is 13.4. The lowest BCUT2D eigenvalue weighted by atomic mass is 10.0. The van der Waals surface area contributed by atoms with E-state index in [1.54, 1.807) is 6.92 Å². The summed E-state index contributed by atoms with van der Waals surface area (Å²) < 4.78 is 37.7. The number of carbonyl (C=O) groups excluding carboxylic acids is 1. The van der Waals surface area contributed by atoms with Gasteiger partial charge >= 0.3 is 0 Å². The normalized spacial score (nSPS) is 28.1. The number of hydrogen-bond donors (Lipinski definition) is 0. The van der Waals surface area contributed by atoms with Crippen molar-refractivity contribution in [2.24, 2.45) is 5.10 Å². The molecule has 0 N–H and O–H groups in total. The molecular formula is C7H9F3N2O. The molecule has 0 bridgehead atoms. The Kier molecular flexibility index (Phi) is 2.58. The molecule has 1 rings (SSSR count). The second-order valence-corrected chi connectivity index (χ2v) is 2.75. The van der Waals surface area contributed by atoms with Crippen LogP contribution >= 0.6 is 0 Å². The van der Waals surface area contributed by atoms with Gasteiger partial charge in [-0.3, -0.25) is 9.80 Å². The zero-order valence-corrected chi connectivity index (χ0v) is 7.01. The molecule has 1 aliphatic rings. The number of nitrogens with zero attached hydrogens (tertiary/aromatic N) is 2. The van der Waals surface area contributed by atoms with Gasteiger partial charge in [-0.1, -0.05) is 0 Å². The van der Waals surface area contributed by atoms with Gasteiger partial charge < -0.3 is 0 Å². The van der Waals surface area contributed by atoms with Crippen molar-refractivity contribution in [2.45, 2.75) is 19.0 Å². The molecule has 0 saturated carbocycles. The lowest BCUT2D eigenvalue weighted by Crippen LogP contribution is -2.41. The summed E-state index contributed by atoms with van der Waals surface area (Å²) in [6.07, 6.45) is -3.14. The van der Waals surface area contributed by atoms with E-state index in [0.29, 0.717) is 6.54 Å². The van der Waals surface area contributed by atoms with Crippen LogP contribution in [0.4, 0.5) is 13.2 Å². The fraction of sp³-hybridized carbons (Fsp3) is 0.714. The van der Waals surface area contributed by atoms with Crippen LogP contribution in [0.1, 0.15) is 6.92 Å². The van der Waals surface area contributed by atoms with Crippen molar-refractivity contribution in [3.05, 3.63) is 0 Å². The number of hydrazone groups is 1. The van der Waals surface area contributed by atoms with Crippen LogP contribution in [0.5, 0.6) is 0 Å². The third-order valence-corrected chi connectivity index (χ3v) is 1.85. The molecule has 0 aromatic heterocycles. The average Bonchev–Trinajstić information content (AvgIpc) is 2.44. The van der Waals surface area contributed by atoms with Gasteiger partial charge in [0.25, 0.3) is 6.43 Å². The minimum Gasteiger partial charge on any atom is -0.299 e. The largest absolute Gasteiger partial charge is 0.299 e. The van der Waals surface area contributed by atoms with E-state index in [0.717, 1.165) is 5.01 Å². The average molecular weight is 194 g/mol. The zero-order chi connectivity index (χ0) is 10.1. The van der Waals surface area contributed by atoms with E-state index in [4.69, 9.17) is 0 Å². The van der Waals surface area contributed by atoms with Crippen LogP contribution < -0.4 is 0 Å². The van der Waals surface area contributed by atoms with Crippen LogP contribution in [-0.2, 0) is 4.79 Å². The fourth-order valence-electron chi connectivity index (χ4n) is 1.12. The van der Waals surface area contributed by atoms with Gasteiger partial charge in [0.15, 0.2) is 12.0 Å². The summed E-state index contributed by atoms with van der Waals surface area (Å²) in [5.41, 5.74) is -3.59. The highest BCUT2D eigenvalue weighted by atomic mass is 19.3. The number of hydrogen-bond acceptors (Lipinski definition) is 3. The molecule has 1 heterocycles. The molecule has 74 valence electrons. The first-order valence-corrected chi connectivity index (χ1v) is 3.81. The van der Waals surface area contributed by atoms with Crippen LogP contribution in [0.2, 0.25) is 0 Å². The van der Waals surface area contributed by atoms with E-state index < -0.39 is 24.4 Å².